The fourth-order valence-electron chi connectivity index (χ4n) is 5.66. The second-order valence-electron chi connectivity index (χ2n) is 14.7. The summed E-state index contributed by atoms with van der Waals surface area (Å²) in [6.45, 7) is 5.80. The standard InChI is InChI=1S/C41H55N9O11/c1-23(2)19-28(39(58)49-35(24(3)4)37(43)56)48-40(59)36(26-13-9-6-10-14-26)50-38(57)27(15-16-30(42)51)46-32(53)18-17-31(52)44-21-33(54)45-22-34(55)47-29(41(60)61)20-25-11-7-5-8-12-25/h5-14,17-18,23-24,27-29,35-36H,15-16,19-22H2,1-4H3,(H2,42,51)(H2,43,56)(H,44,52)(H,45,54)(H,46,53)(H,47,55)(H,48,59)(H,49,58)(H,50,57)(H,60,61). The average Bonchev–Trinajstić information content (AvgIpc) is 3.20. The van der Waals surface area contributed by atoms with Crippen LogP contribution < -0.4 is 48.7 Å². The molecule has 2 aromatic rings. The van der Waals surface area contributed by atoms with Crippen LogP contribution >= 0.6 is 0 Å². The van der Waals surface area contributed by atoms with Gasteiger partial charge in [0, 0.05) is 25.0 Å². The summed E-state index contributed by atoms with van der Waals surface area (Å²) < 4.78 is 0. The molecule has 0 fully saturated rings. The van der Waals surface area contributed by atoms with Crippen molar-refractivity contribution in [2.24, 2.45) is 23.3 Å². The van der Waals surface area contributed by atoms with E-state index in [-0.39, 0.29) is 37.5 Å². The fraction of sp³-hybridized carbons (Fsp3) is 0.415. The molecule has 5 atom stereocenters. The summed E-state index contributed by atoms with van der Waals surface area (Å²) >= 11 is 0. The lowest BCUT2D eigenvalue weighted by molar-refractivity contribution is -0.141. The van der Waals surface area contributed by atoms with Gasteiger partial charge < -0.3 is 53.8 Å². The number of primary amides is 2. The number of carbonyl (C=O) groups is 10. The number of carbonyl (C=O) groups excluding carboxylic acids is 9. The van der Waals surface area contributed by atoms with E-state index < -0.39 is 102 Å². The highest BCUT2D eigenvalue weighted by Crippen LogP contribution is 2.16. The molecule has 0 heterocycles. The first-order valence-electron chi connectivity index (χ1n) is 19.4. The highest BCUT2D eigenvalue weighted by molar-refractivity contribution is 6.00. The van der Waals surface area contributed by atoms with Crippen LogP contribution in [-0.4, -0.2) is 101 Å². The Morgan fingerprint density at radius 1 is 0.623 bits per heavy atom. The zero-order chi connectivity index (χ0) is 45.6. The minimum Gasteiger partial charge on any atom is -0.480 e. The van der Waals surface area contributed by atoms with E-state index in [0.717, 1.165) is 12.2 Å². The highest BCUT2D eigenvalue weighted by atomic mass is 16.4. The molecule has 0 saturated heterocycles. The van der Waals surface area contributed by atoms with Crippen LogP contribution in [0.5, 0.6) is 0 Å². The second kappa shape index (κ2) is 25.4. The molecule has 12 N–H and O–H groups in total. The molecule has 0 radical (unpaired) electrons. The quantitative estimate of drug-likeness (QED) is 0.0505. The molecular weight excluding hydrogens is 795 g/mol. The van der Waals surface area contributed by atoms with Crippen molar-refractivity contribution >= 4 is 59.1 Å². The number of benzene rings is 2. The Hall–Kier alpha value is -7.12. The lowest BCUT2D eigenvalue weighted by Crippen LogP contribution is -2.56. The van der Waals surface area contributed by atoms with Crippen LogP contribution in [0.1, 0.15) is 64.1 Å². The van der Waals surface area contributed by atoms with Gasteiger partial charge in [0.25, 0.3) is 0 Å². The van der Waals surface area contributed by atoms with E-state index in [1.807, 2.05) is 13.8 Å². The molecule has 61 heavy (non-hydrogen) atoms. The lowest BCUT2D eigenvalue weighted by atomic mass is 9.99. The predicted octanol–water partition coefficient (Wildman–Crippen LogP) is -1.65. The Bertz CT molecular complexity index is 1910. The molecular formula is C41H55N9O11. The van der Waals surface area contributed by atoms with Gasteiger partial charge in [-0.2, -0.15) is 0 Å². The van der Waals surface area contributed by atoms with Crippen molar-refractivity contribution in [2.75, 3.05) is 13.1 Å². The van der Waals surface area contributed by atoms with Crippen molar-refractivity contribution in [3.05, 3.63) is 83.9 Å². The summed E-state index contributed by atoms with van der Waals surface area (Å²) in [7, 11) is 0. The normalized spacial score (nSPS) is 13.4. The molecule has 0 spiro atoms. The maximum absolute atomic E-state index is 13.8. The van der Waals surface area contributed by atoms with Gasteiger partial charge in [-0.05, 0) is 35.8 Å². The predicted molar refractivity (Wildman–Crippen MR) is 220 cm³/mol. The molecule has 0 saturated carbocycles. The molecule has 0 aromatic heterocycles. The van der Waals surface area contributed by atoms with E-state index in [2.05, 4.69) is 37.2 Å². The van der Waals surface area contributed by atoms with Gasteiger partial charge >= 0.3 is 5.97 Å². The van der Waals surface area contributed by atoms with E-state index >= 15 is 0 Å². The summed E-state index contributed by atoms with van der Waals surface area (Å²) in [4.78, 5) is 126. The van der Waals surface area contributed by atoms with Crippen molar-refractivity contribution in [1.82, 2.24) is 37.2 Å². The zero-order valence-corrected chi connectivity index (χ0v) is 34.4. The van der Waals surface area contributed by atoms with Crippen molar-refractivity contribution in [2.45, 2.75) is 83.6 Å². The maximum atomic E-state index is 13.8. The van der Waals surface area contributed by atoms with E-state index in [0.29, 0.717) is 11.1 Å². The Morgan fingerprint density at radius 3 is 1.75 bits per heavy atom. The maximum Gasteiger partial charge on any atom is 0.326 e. The van der Waals surface area contributed by atoms with Crippen LogP contribution in [0.3, 0.4) is 0 Å². The Morgan fingerprint density at radius 2 is 1.20 bits per heavy atom. The number of rotatable bonds is 25. The highest BCUT2D eigenvalue weighted by Gasteiger charge is 2.33. The molecule has 2 rings (SSSR count). The van der Waals surface area contributed by atoms with Crippen molar-refractivity contribution in [1.29, 1.82) is 0 Å². The number of amides is 9. The molecule has 5 unspecified atom stereocenters. The molecule has 330 valence electrons. The van der Waals surface area contributed by atoms with Gasteiger partial charge in [-0.25, -0.2) is 4.79 Å². The van der Waals surface area contributed by atoms with Crippen LogP contribution in [0.4, 0.5) is 0 Å². The van der Waals surface area contributed by atoms with Gasteiger partial charge in [0.15, 0.2) is 0 Å². The third-order valence-corrected chi connectivity index (χ3v) is 8.78. The first-order chi connectivity index (χ1) is 28.8. The summed E-state index contributed by atoms with van der Waals surface area (Å²) in [5.74, 6) is -9.19. The minimum absolute atomic E-state index is 0.00877. The summed E-state index contributed by atoms with van der Waals surface area (Å²) in [5.41, 5.74) is 11.7. The van der Waals surface area contributed by atoms with Gasteiger partial charge in [0.1, 0.15) is 30.2 Å². The molecule has 2 aromatic carbocycles. The fourth-order valence-corrected chi connectivity index (χ4v) is 5.66. The number of hydrogen-bond donors (Lipinski definition) is 10. The Labute approximate surface area is 352 Å². The summed E-state index contributed by atoms with van der Waals surface area (Å²) in [5, 5.41) is 26.4. The number of carboxylic acid groups (broad SMARTS) is 1. The van der Waals surface area contributed by atoms with Gasteiger partial charge in [0.2, 0.25) is 53.2 Å². The summed E-state index contributed by atoms with van der Waals surface area (Å²) in [6.07, 6.45) is 0.981. The number of hydrogen-bond acceptors (Lipinski definition) is 10. The second-order valence-corrected chi connectivity index (χ2v) is 14.7. The molecule has 0 aliphatic carbocycles. The lowest BCUT2D eigenvalue weighted by Gasteiger charge is -2.27. The first kappa shape index (κ1) is 50.0. The molecule has 9 amide bonds. The topological polar surface area (TPSA) is 327 Å². The number of nitrogens with two attached hydrogens (primary N) is 2. The Balaban J connectivity index is 2.08. The smallest absolute Gasteiger partial charge is 0.326 e. The van der Waals surface area contributed by atoms with Crippen LogP contribution in [0, 0.1) is 11.8 Å². The van der Waals surface area contributed by atoms with Crippen LogP contribution in [0.25, 0.3) is 0 Å². The van der Waals surface area contributed by atoms with Crippen molar-refractivity contribution in [3.8, 4) is 0 Å². The number of aliphatic carboxylic acids is 1. The third-order valence-electron chi connectivity index (χ3n) is 8.78. The van der Waals surface area contributed by atoms with Gasteiger partial charge in [-0.3, -0.25) is 43.2 Å². The van der Waals surface area contributed by atoms with Crippen LogP contribution in [0.2, 0.25) is 0 Å². The largest absolute Gasteiger partial charge is 0.480 e. The van der Waals surface area contributed by atoms with E-state index in [9.17, 15) is 53.1 Å². The van der Waals surface area contributed by atoms with E-state index in [1.165, 1.54) is 0 Å². The number of nitrogens with one attached hydrogen (secondary N) is 7. The van der Waals surface area contributed by atoms with Gasteiger partial charge in [-0.15, -0.1) is 0 Å². The van der Waals surface area contributed by atoms with Crippen LogP contribution in [0.15, 0.2) is 72.8 Å². The zero-order valence-electron chi connectivity index (χ0n) is 34.4. The monoisotopic (exact) mass is 849 g/mol. The molecule has 20 heteroatoms. The Kier molecular flexibility index (Phi) is 20.8. The van der Waals surface area contributed by atoms with Crippen molar-refractivity contribution < 1.29 is 53.1 Å². The average molecular weight is 850 g/mol. The van der Waals surface area contributed by atoms with Crippen molar-refractivity contribution in [3.63, 3.8) is 0 Å². The van der Waals surface area contributed by atoms with Crippen LogP contribution in [-0.2, 0) is 54.4 Å². The summed E-state index contributed by atoms with van der Waals surface area (Å²) in [6, 6.07) is 10.2. The number of carboxylic acids is 1. The molecule has 0 aliphatic rings. The third kappa shape index (κ3) is 19.0. The molecule has 0 bridgehead atoms. The van der Waals surface area contributed by atoms with E-state index in [1.54, 1.807) is 74.5 Å². The molecule has 20 nitrogen and oxygen atoms in total. The SMILES string of the molecule is CC(C)CC(NC(=O)C(NC(=O)C(CCC(N)=O)NC(=O)C=CC(=O)NCC(=O)NCC(=O)NC(Cc1ccccc1)C(=O)O)c1ccccc1)C(=O)NC(C(N)=O)C(C)C. The molecule has 0 aliphatic heterocycles. The minimum atomic E-state index is -1.46. The van der Waals surface area contributed by atoms with E-state index in [4.69, 9.17) is 11.5 Å². The van der Waals surface area contributed by atoms with Gasteiger partial charge in [-0.1, -0.05) is 88.4 Å². The first-order valence-corrected chi connectivity index (χ1v) is 19.4. The van der Waals surface area contributed by atoms with Gasteiger partial charge in [0.05, 0.1) is 13.1 Å².